The van der Waals surface area contributed by atoms with Crippen LogP contribution >= 0.6 is 0 Å². The molecular formula is C36H30N2O. The smallest absolute Gasteiger partial charge is 0.218 e. The van der Waals surface area contributed by atoms with Crippen LogP contribution in [0.1, 0.15) is 33.3 Å². The molecular weight excluding hydrogens is 476 g/mol. The molecule has 0 atom stereocenters. The predicted molar refractivity (Wildman–Crippen MR) is 163 cm³/mol. The molecule has 0 aliphatic carbocycles. The number of pyridine rings is 1. The molecule has 6 aromatic rings. The van der Waals surface area contributed by atoms with Crippen LogP contribution in [0.2, 0.25) is 0 Å². The van der Waals surface area contributed by atoms with Crippen LogP contribution in [0.5, 0.6) is 0 Å². The highest BCUT2D eigenvalue weighted by atomic mass is 16.5. The molecule has 7 rings (SSSR count). The molecule has 190 valence electrons. The zero-order valence-corrected chi connectivity index (χ0v) is 22.7. The number of nitrogens with zero attached hydrogens (tertiary/aromatic N) is 2. The average molecular weight is 507 g/mol. The molecule has 39 heavy (non-hydrogen) atoms. The van der Waals surface area contributed by atoms with E-state index < -0.39 is 0 Å². The summed E-state index contributed by atoms with van der Waals surface area (Å²) < 4.78 is 6.34. The molecule has 0 unspecified atom stereocenters. The molecule has 5 aromatic carbocycles. The molecule has 0 radical (unpaired) electrons. The number of hydrogen-bond donors (Lipinski definition) is 0. The van der Waals surface area contributed by atoms with Crippen LogP contribution in [0.4, 0.5) is 0 Å². The normalized spacial score (nSPS) is 15.9. The monoisotopic (exact) mass is 506 g/mol. The van der Waals surface area contributed by atoms with E-state index >= 15 is 0 Å². The van der Waals surface area contributed by atoms with Gasteiger partial charge in [0, 0.05) is 18.0 Å². The number of rotatable bonds is 3. The third kappa shape index (κ3) is 3.72. The third-order valence-electron chi connectivity index (χ3n) is 8.45. The number of fused-ring (bicyclic) bond motifs is 3. The SMILES string of the molecule is CC1(C)N=C(c2cncc(-c3c4ccccc4c(-c4ccc5ccccc5c4)c4ccccc34)c2)OC1(C)C. The number of hydrogen-bond acceptors (Lipinski definition) is 3. The highest BCUT2D eigenvalue weighted by Crippen LogP contribution is 2.44. The van der Waals surface area contributed by atoms with Crippen LogP contribution < -0.4 is 0 Å². The Labute approximate surface area is 228 Å². The maximum Gasteiger partial charge on any atom is 0.218 e. The standard InChI is InChI=1S/C36H30N2O/c1-35(2)36(3,4)39-34(38-35)27-20-26(21-37-22-27)33-30-15-9-7-13-28(30)32(29-14-8-10-16-31(29)33)25-18-17-23-11-5-6-12-24(23)19-25/h5-22H,1-4H3. The number of aliphatic imine (C=N–C) groups is 1. The molecule has 1 aromatic heterocycles. The molecule has 3 nitrogen and oxygen atoms in total. The lowest BCUT2D eigenvalue weighted by Crippen LogP contribution is -2.41. The minimum Gasteiger partial charge on any atom is -0.469 e. The van der Waals surface area contributed by atoms with Crippen molar-refractivity contribution in [3.8, 4) is 22.3 Å². The van der Waals surface area contributed by atoms with Crippen LogP contribution in [-0.2, 0) is 4.74 Å². The van der Waals surface area contributed by atoms with Crippen molar-refractivity contribution in [1.82, 2.24) is 4.98 Å². The van der Waals surface area contributed by atoms with E-state index in [9.17, 15) is 0 Å². The van der Waals surface area contributed by atoms with Crippen molar-refractivity contribution in [2.45, 2.75) is 38.8 Å². The topological polar surface area (TPSA) is 34.5 Å². The van der Waals surface area contributed by atoms with Gasteiger partial charge in [-0.25, -0.2) is 4.99 Å². The van der Waals surface area contributed by atoms with Crippen molar-refractivity contribution < 1.29 is 4.74 Å². The van der Waals surface area contributed by atoms with Crippen molar-refractivity contribution in [2.24, 2.45) is 4.99 Å². The summed E-state index contributed by atoms with van der Waals surface area (Å²) in [7, 11) is 0. The highest BCUT2D eigenvalue weighted by molar-refractivity contribution is 6.21. The first kappa shape index (κ1) is 23.6. The lowest BCUT2D eigenvalue weighted by molar-refractivity contribution is 0.0619. The van der Waals surface area contributed by atoms with Gasteiger partial charge >= 0.3 is 0 Å². The van der Waals surface area contributed by atoms with Crippen LogP contribution in [-0.4, -0.2) is 22.0 Å². The van der Waals surface area contributed by atoms with Gasteiger partial charge < -0.3 is 4.74 Å². The van der Waals surface area contributed by atoms with E-state index in [1.165, 1.54) is 49.0 Å². The largest absolute Gasteiger partial charge is 0.469 e. The van der Waals surface area contributed by atoms with Crippen molar-refractivity contribution in [3.63, 3.8) is 0 Å². The molecule has 1 aliphatic rings. The number of ether oxygens (including phenoxy) is 1. The summed E-state index contributed by atoms with van der Waals surface area (Å²) in [4.78, 5) is 9.60. The molecule has 0 saturated carbocycles. The van der Waals surface area contributed by atoms with E-state index in [0.29, 0.717) is 5.90 Å². The fraction of sp³-hybridized carbons (Fsp3) is 0.167. The van der Waals surface area contributed by atoms with Gasteiger partial charge in [0.2, 0.25) is 5.90 Å². The third-order valence-corrected chi connectivity index (χ3v) is 8.45. The van der Waals surface area contributed by atoms with E-state index in [1.54, 1.807) is 0 Å². The van der Waals surface area contributed by atoms with Gasteiger partial charge in [-0.2, -0.15) is 0 Å². The minimum absolute atomic E-state index is 0.320. The van der Waals surface area contributed by atoms with Gasteiger partial charge in [-0.1, -0.05) is 84.9 Å². The molecule has 0 spiro atoms. The quantitative estimate of drug-likeness (QED) is 0.224. The van der Waals surface area contributed by atoms with Gasteiger partial charge in [0.15, 0.2) is 0 Å². The molecule has 0 fully saturated rings. The molecule has 0 N–H and O–H groups in total. The molecule has 1 aliphatic heterocycles. The second kappa shape index (κ2) is 8.51. The summed E-state index contributed by atoms with van der Waals surface area (Å²) in [6.07, 6.45) is 3.81. The van der Waals surface area contributed by atoms with E-state index in [0.717, 1.165) is 11.1 Å². The average Bonchev–Trinajstić information content (AvgIpc) is 3.17. The summed E-state index contributed by atoms with van der Waals surface area (Å²) >= 11 is 0. The van der Waals surface area contributed by atoms with Gasteiger partial charge in [0.25, 0.3) is 0 Å². The zero-order chi connectivity index (χ0) is 26.8. The fourth-order valence-electron chi connectivity index (χ4n) is 5.69. The van der Waals surface area contributed by atoms with E-state index in [2.05, 4.69) is 130 Å². The van der Waals surface area contributed by atoms with Crippen molar-refractivity contribution in [2.75, 3.05) is 0 Å². The van der Waals surface area contributed by atoms with E-state index in [4.69, 9.17) is 9.73 Å². The van der Waals surface area contributed by atoms with Gasteiger partial charge in [-0.05, 0) is 88.8 Å². The second-order valence-corrected chi connectivity index (χ2v) is 11.5. The van der Waals surface area contributed by atoms with Crippen LogP contribution in [0.15, 0.2) is 114 Å². The Morgan fingerprint density at radius 1 is 0.538 bits per heavy atom. The van der Waals surface area contributed by atoms with Crippen molar-refractivity contribution >= 4 is 38.2 Å². The molecule has 2 heterocycles. The lowest BCUT2D eigenvalue weighted by Gasteiger charge is -2.30. The summed E-state index contributed by atoms with van der Waals surface area (Å²) in [5.74, 6) is 0.653. The Bertz CT molecular complexity index is 1890. The Morgan fingerprint density at radius 2 is 1.08 bits per heavy atom. The van der Waals surface area contributed by atoms with Gasteiger partial charge in [-0.3, -0.25) is 4.98 Å². The van der Waals surface area contributed by atoms with E-state index in [1.807, 2.05) is 12.4 Å². The Morgan fingerprint density at radius 3 is 1.67 bits per heavy atom. The summed E-state index contributed by atoms with van der Waals surface area (Å²) in [6, 6.07) is 34.9. The van der Waals surface area contributed by atoms with Crippen molar-refractivity contribution in [1.29, 1.82) is 0 Å². The zero-order valence-electron chi connectivity index (χ0n) is 22.7. The van der Waals surface area contributed by atoms with E-state index in [-0.39, 0.29) is 11.1 Å². The Kier molecular flexibility index (Phi) is 5.15. The highest BCUT2D eigenvalue weighted by Gasteiger charge is 2.45. The number of benzene rings is 5. The first-order valence-corrected chi connectivity index (χ1v) is 13.5. The van der Waals surface area contributed by atoms with Gasteiger partial charge in [0.1, 0.15) is 5.60 Å². The first-order chi connectivity index (χ1) is 18.8. The molecule has 0 saturated heterocycles. The van der Waals surface area contributed by atoms with Crippen LogP contribution in [0.3, 0.4) is 0 Å². The number of aromatic nitrogens is 1. The Balaban J connectivity index is 1.49. The first-order valence-electron chi connectivity index (χ1n) is 13.5. The van der Waals surface area contributed by atoms with Gasteiger partial charge in [0.05, 0.1) is 11.1 Å². The lowest BCUT2D eigenvalue weighted by atomic mass is 9.86. The molecule has 0 amide bonds. The van der Waals surface area contributed by atoms with Crippen LogP contribution in [0, 0.1) is 0 Å². The summed E-state index contributed by atoms with van der Waals surface area (Å²) in [6.45, 7) is 8.41. The summed E-state index contributed by atoms with van der Waals surface area (Å²) in [5, 5.41) is 7.35. The minimum atomic E-state index is -0.390. The van der Waals surface area contributed by atoms with Crippen LogP contribution in [0.25, 0.3) is 54.6 Å². The molecule has 0 bridgehead atoms. The maximum absolute atomic E-state index is 6.34. The second-order valence-electron chi connectivity index (χ2n) is 11.5. The van der Waals surface area contributed by atoms with Gasteiger partial charge in [-0.15, -0.1) is 0 Å². The maximum atomic E-state index is 6.34. The van der Waals surface area contributed by atoms with Crippen molar-refractivity contribution in [3.05, 3.63) is 115 Å². The molecule has 3 heteroatoms. The fourth-order valence-corrected chi connectivity index (χ4v) is 5.69. The summed E-state index contributed by atoms with van der Waals surface area (Å²) in [5.41, 5.74) is 4.90. The predicted octanol–water partition coefficient (Wildman–Crippen LogP) is 9.21. The Hall–Kier alpha value is -4.50.